The van der Waals surface area contributed by atoms with Crippen molar-refractivity contribution in [2.24, 2.45) is 0 Å². The van der Waals surface area contributed by atoms with Crippen LogP contribution in [-0.2, 0) is 23.7 Å². The Morgan fingerprint density at radius 3 is 1.85 bits per heavy atom. The van der Waals surface area contributed by atoms with Crippen molar-refractivity contribution < 1.29 is 74.7 Å². The Kier molecular flexibility index (Phi) is 8.88. The van der Waals surface area contributed by atoms with Crippen molar-refractivity contribution in [3.05, 3.63) is 0 Å². The van der Waals surface area contributed by atoms with Crippen LogP contribution in [0.5, 0.6) is 0 Å². The summed E-state index contributed by atoms with van der Waals surface area (Å²) in [6.07, 6.45) is -22.1. The summed E-state index contributed by atoms with van der Waals surface area (Å²) in [7, 11) is 0. The first-order valence-corrected chi connectivity index (χ1v) is 10.8. The van der Waals surface area contributed by atoms with E-state index in [4.69, 9.17) is 23.7 Å². The lowest BCUT2D eigenvalue weighted by molar-refractivity contribution is -0.380. The molecule has 3 aliphatic rings. The summed E-state index contributed by atoms with van der Waals surface area (Å²) >= 11 is 0. The zero-order valence-electron chi connectivity index (χ0n) is 18.5. The maximum atomic E-state index is 10.6. The molecule has 15 atom stereocenters. The Hall–Kier alpha value is -0.600. The molecule has 3 fully saturated rings. The molecule has 0 radical (unpaired) electrons. The standard InChI is InChI=1S/C19H34O15/c1-5-13(33-18-12(26)15(27)19(2,29)7(4-21)32-18)9(23)11(25)17(30-5)34-14-6(3-20)31-16(28)10(24)8(14)22/h5-18,20-29H,3-4H2,1-2H3. The topological polar surface area (TPSA) is 248 Å². The number of hydrogen-bond acceptors (Lipinski definition) is 15. The van der Waals surface area contributed by atoms with Gasteiger partial charge in [0, 0.05) is 0 Å². The Morgan fingerprint density at radius 2 is 1.26 bits per heavy atom. The van der Waals surface area contributed by atoms with Crippen molar-refractivity contribution in [2.45, 2.75) is 105 Å². The van der Waals surface area contributed by atoms with Crippen molar-refractivity contribution in [2.75, 3.05) is 13.2 Å². The molecule has 3 aliphatic heterocycles. The van der Waals surface area contributed by atoms with E-state index in [9.17, 15) is 51.1 Å². The van der Waals surface area contributed by atoms with E-state index in [1.165, 1.54) is 6.92 Å². The average molecular weight is 502 g/mol. The maximum Gasteiger partial charge on any atom is 0.187 e. The van der Waals surface area contributed by atoms with Crippen molar-refractivity contribution in [3.63, 3.8) is 0 Å². The largest absolute Gasteiger partial charge is 0.394 e. The highest BCUT2D eigenvalue weighted by molar-refractivity contribution is 5.00. The lowest BCUT2D eigenvalue weighted by Gasteiger charge is -2.49. The second-order valence-corrected chi connectivity index (χ2v) is 8.96. The van der Waals surface area contributed by atoms with Gasteiger partial charge < -0.3 is 74.7 Å². The zero-order valence-corrected chi connectivity index (χ0v) is 18.5. The highest BCUT2D eigenvalue weighted by Crippen LogP contribution is 2.34. The van der Waals surface area contributed by atoms with E-state index in [1.807, 2.05) is 0 Å². The molecule has 3 rings (SSSR count). The van der Waals surface area contributed by atoms with Crippen molar-refractivity contribution in [3.8, 4) is 0 Å². The van der Waals surface area contributed by atoms with Crippen LogP contribution in [0.1, 0.15) is 13.8 Å². The minimum Gasteiger partial charge on any atom is -0.394 e. The van der Waals surface area contributed by atoms with Crippen LogP contribution in [0.4, 0.5) is 0 Å². The van der Waals surface area contributed by atoms with Crippen molar-refractivity contribution >= 4 is 0 Å². The van der Waals surface area contributed by atoms with Gasteiger partial charge in [0.15, 0.2) is 18.9 Å². The zero-order chi connectivity index (χ0) is 25.5. The third kappa shape index (κ3) is 5.10. The van der Waals surface area contributed by atoms with Crippen molar-refractivity contribution in [1.29, 1.82) is 0 Å². The molecular formula is C19H34O15. The minimum absolute atomic E-state index is 0.715. The van der Waals surface area contributed by atoms with Gasteiger partial charge in [0.05, 0.1) is 19.3 Å². The molecule has 0 aromatic rings. The third-order valence-corrected chi connectivity index (χ3v) is 6.52. The van der Waals surface area contributed by atoms with Crippen LogP contribution in [0.2, 0.25) is 0 Å². The summed E-state index contributed by atoms with van der Waals surface area (Å²) in [6.45, 7) is 1.14. The lowest BCUT2D eigenvalue weighted by Crippen LogP contribution is -2.68. The van der Waals surface area contributed by atoms with Gasteiger partial charge in [-0.25, -0.2) is 0 Å². The molecule has 15 heteroatoms. The lowest BCUT2D eigenvalue weighted by atomic mass is 9.86. The number of ether oxygens (including phenoxy) is 5. The van der Waals surface area contributed by atoms with Crippen LogP contribution in [0.25, 0.3) is 0 Å². The Labute approximate surface area is 194 Å². The first-order valence-electron chi connectivity index (χ1n) is 10.8. The summed E-state index contributed by atoms with van der Waals surface area (Å²) in [4.78, 5) is 0. The number of aliphatic hydroxyl groups is 10. The number of rotatable bonds is 6. The second-order valence-electron chi connectivity index (χ2n) is 8.96. The van der Waals surface area contributed by atoms with Crippen LogP contribution < -0.4 is 0 Å². The third-order valence-electron chi connectivity index (χ3n) is 6.52. The van der Waals surface area contributed by atoms with Crippen molar-refractivity contribution in [1.82, 2.24) is 0 Å². The first-order chi connectivity index (χ1) is 15.8. The molecule has 0 aromatic heterocycles. The minimum atomic E-state index is -2.00. The average Bonchev–Trinajstić information content (AvgIpc) is 2.79. The SMILES string of the molecule is CC1OC(OC2C(CO)OC(O)C(O)C2O)C(O)C(O)C1OC1OC(CO)C(C)(O)C(O)C1O. The van der Waals surface area contributed by atoms with Crippen LogP contribution in [0.3, 0.4) is 0 Å². The summed E-state index contributed by atoms with van der Waals surface area (Å²) in [6, 6.07) is 0. The van der Waals surface area contributed by atoms with E-state index < -0.39 is 105 Å². The highest BCUT2D eigenvalue weighted by atomic mass is 16.7. The fourth-order valence-electron chi connectivity index (χ4n) is 4.26. The molecule has 0 amide bonds. The maximum absolute atomic E-state index is 10.6. The van der Waals surface area contributed by atoms with E-state index in [2.05, 4.69) is 0 Å². The van der Waals surface area contributed by atoms with Crippen LogP contribution in [-0.4, -0.2) is 156 Å². The predicted octanol–water partition coefficient (Wildman–Crippen LogP) is -6.16. The van der Waals surface area contributed by atoms with Crippen LogP contribution in [0, 0.1) is 0 Å². The van der Waals surface area contributed by atoms with Gasteiger partial charge in [-0.15, -0.1) is 0 Å². The van der Waals surface area contributed by atoms with Crippen LogP contribution >= 0.6 is 0 Å². The molecule has 10 N–H and O–H groups in total. The summed E-state index contributed by atoms with van der Waals surface area (Å²) in [5.41, 5.74) is -2.00. The molecule has 0 aromatic carbocycles. The smallest absolute Gasteiger partial charge is 0.187 e. The van der Waals surface area contributed by atoms with E-state index in [0.29, 0.717) is 0 Å². The van der Waals surface area contributed by atoms with Gasteiger partial charge in [-0.3, -0.25) is 0 Å². The molecule has 3 saturated heterocycles. The quantitative estimate of drug-likeness (QED) is 0.162. The van der Waals surface area contributed by atoms with Gasteiger partial charge in [0.1, 0.15) is 66.6 Å². The monoisotopic (exact) mass is 502 g/mol. The van der Waals surface area contributed by atoms with Gasteiger partial charge >= 0.3 is 0 Å². The number of hydrogen-bond donors (Lipinski definition) is 10. The first kappa shape index (κ1) is 28.0. The molecule has 15 unspecified atom stereocenters. The fraction of sp³-hybridized carbons (Fsp3) is 1.00. The summed E-state index contributed by atoms with van der Waals surface area (Å²) in [5.74, 6) is 0. The molecule has 15 nitrogen and oxygen atoms in total. The van der Waals surface area contributed by atoms with E-state index in [0.717, 1.165) is 6.92 Å². The van der Waals surface area contributed by atoms with Gasteiger partial charge in [-0.2, -0.15) is 0 Å². The van der Waals surface area contributed by atoms with Gasteiger partial charge in [-0.05, 0) is 13.8 Å². The normalized spacial score (nSPS) is 54.7. The van der Waals surface area contributed by atoms with Gasteiger partial charge in [0.25, 0.3) is 0 Å². The Balaban J connectivity index is 1.69. The number of aliphatic hydroxyl groups excluding tert-OH is 9. The Morgan fingerprint density at radius 1 is 0.706 bits per heavy atom. The van der Waals surface area contributed by atoms with Gasteiger partial charge in [-0.1, -0.05) is 0 Å². The van der Waals surface area contributed by atoms with Crippen LogP contribution in [0.15, 0.2) is 0 Å². The molecule has 0 bridgehead atoms. The predicted molar refractivity (Wildman–Crippen MR) is 104 cm³/mol. The van der Waals surface area contributed by atoms with E-state index in [-0.39, 0.29) is 0 Å². The fourth-order valence-corrected chi connectivity index (χ4v) is 4.26. The summed E-state index contributed by atoms with van der Waals surface area (Å²) < 4.78 is 26.9. The molecule has 0 saturated carbocycles. The molecule has 34 heavy (non-hydrogen) atoms. The highest BCUT2D eigenvalue weighted by Gasteiger charge is 2.55. The molecule has 3 heterocycles. The molecule has 200 valence electrons. The molecule has 0 spiro atoms. The summed E-state index contributed by atoms with van der Waals surface area (Å²) in [5, 5.41) is 100. The Bertz CT molecular complexity index is 660. The van der Waals surface area contributed by atoms with E-state index in [1.54, 1.807) is 0 Å². The molecular weight excluding hydrogens is 468 g/mol. The van der Waals surface area contributed by atoms with E-state index >= 15 is 0 Å². The van der Waals surface area contributed by atoms with Gasteiger partial charge in [0.2, 0.25) is 0 Å². The molecule has 0 aliphatic carbocycles. The second kappa shape index (κ2) is 10.8.